The van der Waals surface area contributed by atoms with Crippen molar-refractivity contribution in [2.45, 2.75) is 26.0 Å². The molecular weight excluding hydrogens is 254 g/mol. The van der Waals surface area contributed by atoms with Gasteiger partial charge in [-0.25, -0.2) is 0 Å². The van der Waals surface area contributed by atoms with Gasteiger partial charge in [-0.1, -0.05) is 12.1 Å². The van der Waals surface area contributed by atoms with Crippen molar-refractivity contribution in [3.63, 3.8) is 0 Å². The number of hydrogen-bond acceptors (Lipinski definition) is 4. The molecule has 1 heterocycles. The van der Waals surface area contributed by atoms with Crippen LogP contribution in [0.1, 0.15) is 19.4 Å². The first-order valence-corrected chi connectivity index (χ1v) is 6.95. The predicted octanol–water partition coefficient (Wildman–Crippen LogP) is 0.684. The number of rotatable bonds is 3. The first kappa shape index (κ1) is 14.8. The van der Waals surface area contributed by atoms with Crippen LogP contribution in [0.5, 0.6) is 0 Å². The SMILES string of the molecule is CC(C)(O)C(=O)N1CCN(Cc2ccc(N)cc2)CC1. The molecule has 0 aromatic heterocycles. The number of carbonyl (C=O) groups excluding carboxylic acids is 1. The first-order chi connectivity index (χ1) is 9.36. The third-order valence-electron chi connectivity index (χ3n) is 3.57. The van der Waals surface area contributed by atoms with Crippen molar-refractivity contribution in [3.05, 3.63) is 29.8 Å². The summed E-state index contributed by atoms with van der Waals surface area (Å²) in [5.74, 6) is -0.190. The van der Waals surface area contributed by atoms with Crippen molar-refractivity contribution in [2.24, 2.45) is 0 Å². The molecule has 0 spiro atoms. The molecular formula is C15H23N3O2. The van der Waals surface area contributed by atoms with E-state index in [1.165, 1.54) is 19.4 Å². The van der Waals surface area contributed by atoms with Gasteiger partial charge in [0.15, 0.2) is 0 Å². The lowest BCUT2D eigenvalue weighted by molar-refractivity contribution is -0.149. The van der Waals surface area contributed by atoms with Gasteiger partial charge >= 0.3 is 0 Å². The number of anilines is 1. The number of piperazine rings is 1. The molecule has 1 aromatic carbocycles. The Hall–Kier alpha value is -1.59. The molecule has 110 valence electrons. The highest BCUT2D eigenvalue weighted by molar-refractivity contribution is 5.84. The second-order valence-corrected chi connectivity index (χ2v) is 5.87. The van der Waals surface area contributed by atoms with Gasteiger partial charge < -0.3 is 15.7 Å². The van der Waals surface area contributed by atoms with Gasteiger partial charge in [0.25, 0.3) is 5.91 Å². The van der Waals surface area contributed by atoms with E-state index in [1.54, 1.807) is 4.90 Å². The maximum Gasteiger partial charge on any atom is 0.254 e. The Morgan fingerprint density at radius 2 is 1.75 bits per heavy atom. The highest BCUT2D eigenvalue weighted by Crippen LogP contribution is 2.13. The molecule has 0 atom stereocenters. The summed E-state index contributed by atoms with van der Waals surface area (Å²) in [6.45, 7) is 6.92. The van der Waals surface area contributed by atoms with Crippen molar-refractivity contribution in [3.8, 4) is 0 Å². The average Bonchev–Trinajstić information content (AvgIpc) is 2.40. The van der Waals surface area contributed by atoms with E-state index in [1.807, 2.05) is 24.3 Å². The van der Waals surface area contributed by atoms with E-state index < -0.39 is 5.60 Å². The molecule has 0 radical (unpaired) electrons. The quantitative estimate of drug-likeness (QED) is 0.797. The molecule has 2 rings (SSSR count). The Morgan fingerprint density at radius 1 is 1.20 bits per heavy atom. The number of aliphatic hydroxyl groups is 1. The van der Waals surface area contributed by atoms with E-state index in [0.29, 0.717) is 13.1 Å². The Morgan fingerprint density at radius 3 is 2.25 bits per heavy atom. The van der Waals surface area contributed by atoms with Crippen LogP contribution < -0.4 is 5.73 Å². The van der Waals surface area contributed by atoms with Gasteiger partial charge in [0, 0.05) is 38.4 Å². The molecule has 0 saturated carbocycles. The van der Waals surface area contributed by atoms with Crippen molar-refractivity contribution >= 4 is 11.6 Å². The van der Waals surface area contributed by atoms with E-state index in [-0.39, 0.29) is 5.91 Å². The van der Waals surface area contributed by atoms with Crippen LogP contribution in [0.15, 0.2) is 24.3 Å². The van der Waals surface area contributed by atoms with E-state index in [2.05, 4.69) is 4.90 Å². The lowest BCUT2D eigenvalue weighted by Gasteiger charge is -2.37. The molecule has 1 aromatic rings. The number of nitrogens with zero attached hydrogens (tertiary/aromatic N) is 2. The van der Waals surface area contributed by atoms with Gasteiger partial charge in [-0.2, -0.15) is 0 Å². The molecule has 0 bridgehead atoms. The van der Waals surface area contributed by atoms with E-state index in [0.717, 1.165) is 25.3 Å². The molecule has 1 fully saturated rings. The van der Waals surface area contributed by atoms with E-state index in [4.69, 9.17) is 5.73 Å². The predicted molar refractivity (Wildman–Crippen MR) is 79.0 cm³/mol. The van der Waals surface area contributed by atoms with Crippen molar-refractivity contribution < 1.29 is 9.90 Å². The Balaban J connectivity index is 1.85. The van der Waals surface area contributed by atoms with Crippen molar-refractivity contribution in [2.75, 3.05) is 31.9 Å². The molecule has 1 saturated heterocycles. The van der Waals surface area contributed by atoms with Crippen molar-refractivity contribution in [1.29, 1.82) is 0 Å². The summed E-state index contributed by atoms with van der Waals surface area (Å²) in [7, 11) is 0. The van der Waals surface area contributed by atoms with Gasteiger partial charge in [0.2, 0.25) is 0 Å². The summed E-state index contributed by atoms with van der Waals surface area (Å²) in [6.07, 6.45) is 0. The molecule has 1 aliphatic rings. The number of benzene rings is 1. The summed E-state index contributed by atoms with van der Waals surface area (Å²) < 4.78 is 0. The standard InChI is InChI=1S/C15H23N3O2/c1-15(2,20)14(19)18-9-7-17(8-10-18)11-12-3-5-13(16)6-4-12/h3-6,20H,7-11,16H2,1-2H3. The minimum Gasteiger partial charge on any atom is -0.399 e. The highest BCUT2D eigenvalue weighted by Gasteiger charge is 2.31. The fourth-order valence-corrected chi connectivity index (χ4v) is 2.38. The average molecular weight is 277 g/mol. The third-order valence-corrected chi connectivity index (χ3v) is 3.57. The second-order valence-electron chi connectivity index (χ2n) is 5.87. The maximum atomic E-state index is 12.0. The van der Waals surface area contributed by atoms with Crippen LogP contribution in [0.25, 0.3) is 0 Å². The van der Waals surface area contributed by atoms with E-state index in [9.17, 15) is 9.90 Å². The number of nitrogen functional groups attached to an aromatic ring is 1. The van der Waals surface area contributed by atoms with Crippen LogP contribution in [0.3, 0.4) is 0 Å². The Labute approximate surface area is 120 Å². The third kappa shape index (κ3) is 3.71. The smallest absolute Gasteiger partial charge is 0.254 e. The number of nitrogens with two attached hydrogens (primary N) is 1. The van der Waals surface area contributed by atoms with Gasteiger partial charge in [0.05, 0.1) is 0 Å². The maximum absolute atomic E-state index is 12.0. The zero-order valence-electron chi connectivity index (χ0n) is 12.2. The Kier molecular flexibility index (Phi) is 4.30. The molecule has 5 heteroatoms. The molecule has 5 nitrogen and oxygen atoms in total. The fraction of sp³-hybridized carbons (Fsp3) is 0.533. The van der Waals surface area contributed by atoms with Gasteiger partial charge in [0.1, 0.15) is 5.60 Å². The second kappa shape index (κ2) is 5.81. The Bertz CT molecular complexity index is 457. The van der Waals surface area contributed by atoms with Crippen LogP contribution in [-0.4, -0.2) is 52.6 Å². The van der Waals surface area contributed by atoms with Crippen LogP contribution in [0, 0.1) is 0 Å². The van der Waals surface area contributed by atoms with Crippen LogP contribution in [0.4, 0.5) is 5.69 Å². The topological polar surface area (TPSA) is 69.8 Å². The monoisotopic (exact) mass is 277 g/mol. The van der Waals surface area contributed by atoms with Crippen LogP contribution in [-0.2, 0) is 11.3 Å². The minimum atomic E-state index is -1.28. The largest absolute Gasteiger partial charge is 0.399 e. The summed E-state index contributed by atoms with van der Waals surface area (Å²) in [6, 6.07) is 7.88. The summed E-state index contributed by atoms with van der Waals surface area (Å²) in [4.78, 5) is 16.0. The summed E-state index contributed by atoms with van der Waals surface area (Å²) >= 11 is 0. The fourth-order valence-electron chi connectivity index (χ4n) is 2.38. The zero-order valence-corrected chi connectivity index (χ0v) is 12.2. The number of hydrogen-bond donors (Lipinski definition) is 2. The van der Waals surface area contributed by atoms with Gasteiger partial charge in [-0.3, -0.25) is 9.69 Å². The molecule has 1 amide bonds. The number of carbonyl (C=O) groups is 1. The first-order valence-electron chi connectivity index (χ1n) is 6.95. The molecule has 0 aliphatic carbocycles. The highest BCUT2D eigenvalue weighted by atomic mass is 16.3. The normalized spacial score (nSPS) is 17.2. The molecule has 3 N–H and O–H groups in total. The number of amides is 1. The minimum absolute atomic E-state index is 0.190. The summed E-state index contributed by atoms with van der Waals surface area (Å²) in [5, 5.41) is 9.75. The van der Waals surface area contributed by atoms with E-state index >= 15 is 0 Å². The zero-order chi connectivity index (χ0) is 14.8. The van der Waals surface area contributed by atoms with Crippen LogP contribution in [0.2, 0.25) is 0 Å². The van der Waals surface area contributed by atoms with Crippen LogP contribution >= 0.6 is 0 Å². The molecule has 1 aliphatic heterocycles. The van der Waals surface area contributed by atoms with Gasteiger partial charge in [-0.15, -0.1) is 0 Å². The summed E-state index contributed by atoms with van der Waals surface area (Å²) in [5.41, 5.74) is 6.39. The van der Waals surface area contributed by atoms with Crippen molar-refractivity contribution in [1.82, 2.24) is 9.80 Å². The van der Waals surface area contributed by atoms with Gasteiger partial charge in [-0.05, 0) is 31.5 Å². The molecule has 0 unspecified atom stereocenters. The lowest BCUT2D eigenvalue weighted by Crippen LogP contribution is -2.53. The lowest BCUT2D eigenvalue weighted by atomic mass is 10.1. The molecule has 20 heavy (non-hydrogen) atoms.